The predicted molar refractivity (Wildman–Crippen MR) is 78.3 cm³/mol. The molecule has 0 spiro atoms. The van der Waals surface area contributed by atoms with Gasteiger partial charge in [-0.15, -0.1) is 0 Å². The van der Waals surface area contributed by atoms with Crippen LogP contribution in [-0.2, 0) is 4.79 Å². The number of nitrogens with one attached hydrogen (secondary N) is 1. The van der Waals surface area contributed by atoms with E-state index in [-0.39, 0.29) is 18.2 Å². The van der Waals surface area contributed by atoms with Crippen molar-refractivity contribution in [3.8, 4) is 0 Å². The highest BCUT2D eigenvalue weighted by molar-refractivity contribution is 6.30. The first-order valence-electron chi connectivity index (χ1n) is 6.20. The Morgan fingerprint density at radius 2 is 2.00 bits per heavy atom. The molecule has 2 amide bonds. The van der Waals surface area contributed by atoms with Crippen molar-refractivity contribution < 1.29 is 14.1 Å². The van der Waals surface area contributed by atoms with Crippen LogP contribution in [0.5, 0.6) is 0 Å². The number of aromatic nitrogens is 1. The Morgan fingerprint density at radius 3 is 2.57 bits per heavy atom. The summed E-state index contributed by atoms with van der Waals surface area (Å²) in [5.41, 5.74) is 1.22. The zero-order valence-electron chi connectivity index (χ0n) is 11.6. The highest BCUT2D eigenvalue weighted by atomic mass is 35.5. The number of rotatable bonds is 4. The van der Waals surface area contributed by atoms with Crippen molar-refractivity contribution in [2.24, 2.45) is 0 Å². The molecule has 1 aromatic carbocycles. The minimum Gasteiger partial charge on any atom is -0.351 e. The summed E-state index contributed by atoms with van der Waals surface area (Å²) in [5, 5.41) is 6.90. The standard InChI is InChI=1S/C14H14ClN3O3/c1-9-7-12(21-17-9)14(20)18(2)8-13(19)16-11-5-3-10(15)4-6-11/h3-7H,8H2,1-2H3,(H,16,19). The van der Waals surface area contributed by atoms with Crippen LogP contribution >= 0.6 is 11.6 Å². The highest BCUT2D eigenvalue weighted by Gasteiger charge is 2.18. The van der Waals surface area contributed by atoms with Crippen molar-refractivity contribution in [1.82, 2.24) is 10.1 Å². The highest BCUT2D eigenvalue weighted by Crippen LogP contribution is 2.13. The molecule has 0 radical (unpaired) electrons. The lowest BCUT2D eigenvalue weighted by Gasteiger charge is -2.15. The average molecular weight is 308 g/mol. The lowest BCUT2D eigenvalue weighted by molar-refractivity contribution is -0.116. The molecular formula is C14H14ClN3O3. The summed E-state index contributed by atoms with van der Waals surface area (Å²) in [5.74, 6) is -0.611. The van der Waals surface area contributed by atoms with Crippen LogP contribution in [0.15, 0.2) is 34.9 Å². The monoisotopic (exact) mass is 307 g/mol. The van der Waals surface area contributed by atoms with Gasteiger partial charge in [0.2, 0.25) is 11.7 Å². The van der Waals surface area contributed by atoms with Crippen LogP contribution in [0.2, 0.25) is 5.02 Å². The predicted octanol–water partition coefficient (Wildman–Crippen LogP) is 2.35. The minimum absolute atomic E-state index is 0.0960. The lowest BCUT2D eigenvalue weighted by atomic mass is 10.3. The van der Waals surface area contributed by atoms with E-state index in [9.17, 15) is 9.59 Å². The zero-order chi connectivity index (χ0) is 15.4. The van der Waals surface area contributed by atoms with Crippen LogP contribution in [0.3, 0.4) is 0 Å². The molecule has 0 saturated heterocycles. The van der Waals surface area contributed by atoms with Crippen molar-refractivity contribution in [3.05, 3.63) is 46.8 Å². The molecule has 0 bridgehead atoms. The molecule has 0 fully saturated rings. The van der Waals surface area contributed by atoms with Crippen LogP contribution in [-0.4, -0.2) is 35.5 Å². The number of amides is 2. The molecule has 21 heavy (non-hydrogen) atoms. The number of carbonyl (C=O) groups is 2. The average Bonchev–Trinajstić information content (AvgIpc) is 2.87. The molecule has 0 unspecified atom stereocenters. The van der Waals surface area contributed by atoms with Crippen molar-refractivity contribution in [3.63, 3.8) is 0 Å². The number of aryl methyl sites for hydroxylation is 1. The van der Waals surface area contributed by atoms with Gasteiger partial charge in [0.25, 0.3) is 5.91 Å². The van der Waals surface area contributed by atoms with E-state index in [0.717, 1.165) is 0 Å². The number of hydrogen-bond donors (Lipinski definition) is 1. The quantitative estimate of drug-likeness (QED) is 0.940. The van der Waals surface area contributed by atoms with Gasteiger partial charge >= 0.3 is 0 Å². The molecule has 7 heteroatoms. The maximum atomic E-state index is 12.0. The second-order valence-corrected chi connectivity index (χ2v) is 4.99. The minimum atomic E-state index is -0.401. The molecule has 6 nitrogen and oxygen atoms in total. The SMILES string of the molecule is Cc1cc(C(=O)N(C)CC(=O)Nc2ccc(Cl)cc2)on1. The second kappa shape index (κ2) is 6.41. The van der Waals surface area contributed by atoms with Gasteiger partial charge in [-0.3, -0.25) is 9.59 Å². The van der Waals surface area contributed by atoms with Crippen LogP contribution in [0.25, 0.3) is 0 Å². The van der Waals surface area contributed by atoms with Gasteiger partial charge in [0, 0.05) is 23.8 Å². The summed E-state index contributed by atoms with van der Waals surface area (Å²) in [6, 6.07) is 8.23. The zero-order valence-corrected chi connectivity index (χ0v) is 12.3. The van der Waals surface area contributed by atoms with Crippen molar-refractivity contribution in [2.45, 2.75) is 6.92 Å². The summed E-state index contributed by atoms with van der Waals surface area (Å²) >= 11 is 5.76. The Labute approximate surface area is 126 Å². The third-order valence-corrected chi connectivity index (χ3v) is 2.95. The number of hydrogen-bond acceptors (Lipinski definition) is 4. The van der Waals surface area contributed by atoms with Gasteiger partial charge in [0.15, 0.2) is 0 Å². The van der Waals surface area contributed by atoms with Gasteiger partial charge in [-0.1, -0.05) is 16.8 Å². The first kappa shape index (κ1) is 15.1. The second-order valence-electron chi connectivity index (χ2n) is 4.55. The molecule has 1 heterocycles. The molecule has 0 atom stereocenters. The Hall–Kier alpha value is -2.34. The molecule has 110 valence electrons. The van der Waals surface area contributed by atoms with Crippen LogP contribution in [0, 0.1) is 6.92 Å². The molecule has 0 aliphatic rings. The van der Waals surface area contributed by atoms with Gasteiger partial charge < -0.3 is 14.7 Å². The van der Waals surface area contributed by atoms with E-state index in [1.807, 2.05) is 0 Å². The molecule has 1 N–H and O–H groups in total. The summed E-state index contributed by atoms with van der Waals surface area (Å²) in [4.78, 5) is 25.1. The number of carbonyl (C=O) groups excluding carboxylic acids is 2. The first-order valence-corrected chi connectivity index (χ1v) is 6.57. The topological polar surface area (TPSA) is 75.4 Å². The van der Waals surface area contributed by atoms with E-state index in [2.05, 4.69) is 10.5 Å². The van der Waals surface area contributed by atoms with Crippen LogP contribution in [0.1, 0.15) is 16.2 Å². The molecule has 1 aromatic heterocycles. The van der Waals surface area contributed by atoms with E-state index in [1.54, 1.807) is 31.2 Å². The third-order valence-electron chi connectivity index (χ3n) is 2.69. The molecule has 0 aliphatic heterocycles. The summed E-state index contributed by atoms with van der Waals surface area (Å²) < 4.78 is 4.87. The summed E-state index contributed by atoms with van der Waals surface area (Å²) in [6.07, 6.45) is 0. The largest absolute Gasteiger partial charge is 0.351 e. The van der Waals surface area contributed by atoms with Crippen molar-refractivity contribution in [2.75, 3.05) is 18.9 Å². The Kier molecular flexibility index (Phi) is 4.59. The maximum absolute atomic E-state index is 12.0. The van der Waals surface area contributed by atoms with Crippen LogP contribution in [0.4, 0.5) is 5.69 Å². The van der Waals surface area contributed by atoms with E-state index in [4.69, 9.17) is 16.1 Å². The smallest absolute Gasteiger partial charge is 0.292 e. The Balaban J connectivity index is 1.92. The summed E-state index contributed by atoms with van der Waals surface area (Å²) in [7, 11) is 1.52. The number of halogens is 1. The number of benzene rings is 1. The maximum Gasteiger partial charge on any atom is 0.292 e. The molecule has 2 aromatic rings. The number of nitrogens with zero attached hydrogens (tertiary/aromatic N) is 2. The fourth-order valence-electron chi connectivity index (χ4n) is 1.67. The van der Waals surface area contributed by atoms with E-state index in [0.29, 0.717) is 16.4 Å². The summed E-state index contributed by atoms with van der Waals surface area (Å²) in [6.45, 7) is 1.62. The Bertz CT molecular complexity index is 652. The third kappa shape index (κ3) is 4.06. The molecular weight excluding hydrogens is 294 g/mol. The van der Waals surface area contributed by atoms with Gasteiger partial charge in [-0.2, -0.15) is 0 Å². The van der Waals surface area contributed by atoms with Gasteiger partial charge in [-0.25, -0.2) is 0 Å². The molecule has 2 rings (SSSR count). The number of anilines is 1. The van der Waals surface area contributed by atoms with E-state index in [1.165, 1.54) is 18.0 Å². The normalized spacial score (nSPS) is 10.2. The fourth-order valence-corrected chi connectivity index (χ4v) is 1.80. The Morgan fingerprint density at radius 1 is 1.33 bits per heavy atom. The van der Waals surface area contributed by atoms with Crippen molar-refractivity contribution >= 4 is 29.1 Å². The van der Waals surface area contributed by atoms with Gasteiger partial charge in [-0.05, 0) is 31.2 Å². The number of likely N-dealkylation sites (N-methyl/N-ethyl adjacent to an activating group) is 1. The van der Waals surface area contributed by atoms with Gasteiger partial charge in [0.05, 0.1) is 12.2 Å². The lowest BCUT2D eigenvalue weighted by Crippen LogP contribution is -2.34. The van der Waals surface area contributed by atoms with E-state index < -0.39 is 5.91 Å². The molecule has 0 saturated carbocycles. The van der Waals surface area contributed by atoms with E-state index >= 15 is 0 Å². The fraction of sp³-hybridized carbons (Fsp3) is 0.214. The molecule has 0 aliphatic carbocycles. The van der Waals surface area contributed by atoms with Crippen LogP contribution < -0.4 is 5.32 Å². The first-order chi connectivity index (χ1) is 9.95. The van der Waals surface area contributed by atoms with Gasteiger partial charge in [0.1, 0.15) is 0 Å². The van der Waals surface area contributed by atoms with Crippen molar-refractivity contribution in [1.29, 1.82) is 0 Å².